The number of aryl methyl sites for hydroxylation is 1. The van der Waals surface area contributed by atoms with E-state index < -0.39 is 0 Å². The van der Waals surface area contributed by atoms with Gasteiger partial charge >= 0.3 is 0 Å². The zero-order valence-electron chi connectivity index (χ0n) is 8.10. The van der Waals surface area contributed by atoms with Crippen molar-refractivity contribution in [1.82, 2.24) is 9.36 Å². The molecule has 0 saturated heterocycles. The molecule has 14 heavy (non-hydrogen) atoms. The van der Waals surface area contributed by atoms with Crippen LogP contribution in [0.5, 0.6) is 0 Å². The first-order chi connectivity index (χ1) is 6.75. The minimum atomic E-state index is 0.836. The molecule has 0 bridgehead atoms. The summed E-state index contributed by atoms with van der Waals surface area (Å²) in [5, 5.41) is 5.28. The maximum Gasteiger partial charge on any atom is 0.139 e. The second kappa shape index (κ2) is 4.06. The second-order valence-electron chi connectivity index (χ2n) is 3.07. The zero-order chi connectivity index (χ0) is 9.97. The highest BCUT2D eigenvalue weighted by atomic mass is 32.1. The molecule has 0 aliphatic rings. The van der Waals surface area contributed by atoms with Gasteiger partial charge in [0.1, 0.15) is 10.8 Å². The highest BCUT2D eigenvalue weighted by Gasteiger charge is 2.05. The van der Waals surface area contributed by atoms with Crippen molar-refractivity contribution in [1.29, 1.82) is 0 Å². The Hall–Kier alpha value is -0.940. The Morgan fingerprint density at radius 1 is 1.50 bits per heavy atom. The van der Waals surface area contributed by atoms with Crippen LogP contribution in [0.4, 0.5) is 5.69 Å². The van der Waals surface area contributed by atoms with Crippen molar-refractivity contribution < 1.29 is 0 Å². The molecule has 74 valence electrons. The van der Waals surface area contributed by atoms with E-state index in [2.05, 4.69) is 38.1 Å². The summed E-state index contributed by atoms with van der Waals surface area (Å²) in [6, 6.07) is 2.11. The van der Waals surface area contributed by atoms with Crippen molar-refractivity contribution in [3.05, 3.63) is 27.7 Å². The summed E-state index contributed by atoms with van der Waals surface area (Å²) < 4.78 is 4.16. The first-order valence-corrected chi connectivity index (χ1v) is 6.00. The topological polar surface area (TPSA) is 29.0 Å². The molecular formula is C9H11N3S2. The van der Waals surface area contributed by atoms with E-state index >= 15 is 0 Å². The molecule has 0 radical (unpaired) electrons. The fourth-order valence-electron chi connectivity index (χ4n) is 1.17. The van der Waals surface area contributed by atoms with Crippen molar-refractivity contribution in [2.24, 2.45) is 0 Å². The summed E-state index contributed by atoms with van der Waals surface area (Å²) >= 11 is 3.19. The molecule has 0 aromatic carbocycles. The summed E-state index contributed by atoms with van der Waals surface area (Å²) in [5.74, 6) is 0.865. The molecule has 5 heteroatoms. The van der Waals surface area contributed by atoms with Crippen LogP contribution in [0.15, 0.2) is 16.8 Å². The van der Waals surface area contributed by atoms with Crippen LogP contribution in [0.3, 0.4) is 0 Å². The number of rotatable bonds is 3. The van der Waals surface area contributed by atoms with Gasteiger partial charge in [-0.25, -0.2) is 4.98 Å². The standard InChI is InChI=1S/C9H11N3S2/c1-7-10-9(14-11-7)5-12(2)8-3-4-13-6-8/h3-4,6H,5H2,1-2H3. The monoisotopic (exact) mass is 225 g/mol. The molecule has 0 saturated carbocycles. The van der Waals surface area contributed by atoms with E-state index in [0.717, 1.165) is 17.4 Å². The third-order valence-electron chi connectivity index (χ3n) is 1.89. The van der Waals surface area contributed by atoms with Gasteiger partial charge in [-0.1, -0.05) is 0 Å². The molecule has 2 heterocycles. The summed E-state index contributed by atoms with van der Waals surface area (Å²) in [6.07, 6.45) is 0. The van der Waals surface area contributed by atoms with E-state index in [0.29, 0.717) is 0 Å². The van der Waals surface area contributed by atoms with Gasteiger partial charge < -0.3 is 4.90 Å². The van der Waals surface area contributed by atoms with E-state index in [1.165, 1.54) is 17.2 Å². The SMILES string of the molecule is Cc1nsc(CN(C)c2ccsc2)n1. The lowest BCUT2D eigenvalue weighted by molar-refractivity contribution is 0.905. The van der Waals surface area contributed by atoms with Crippen molar-refractivity contribution >= 4 is 28.6 Å². The smallest absolute Gasteiger partial charge is 0.139 e. The van der Waals surface area contributed by atoms with Crippen LogP contribution in [0.25, 0.3) is 0 Å². The molecule has 0 N–H and O–H groups in total. The van der Waals surface area contributed by atoms with Gasteiger partial charge in [0, 0.05) is 18.1 Å². The molecule has 0 atom stereocenters. The average molecular weight is 225 g/mol. The molecule has 2 rings (SSSR count). The quantitative estimate of drug-likeness (QED) is 0.804. The normalized spacial score (nSPS) is 10.4. The molecule has 0 aliphatic carbocycles. The number of hydrogen-bond acceptors (Lipinski definition) is 5. The number of anilines is 1. The van der Waals surface area contributed by atoms with Crippen molar-refractivity contribution in [3.63, 3.8) is 0 Å². The molecule has 0 unspecified atom stereocenters. The van der Waals surface area contributed by atoms with Gasteiger partial charge in [-0.2, -0.15) is 15.7 Å². The third kappa shape index (κ3) is 2.10. The Kier molecular flexibility index (Phi) is 2.79. The van der Waals surface area contributed by atoms with Crippen LogP contribution >= 0.6 is 22.9 Å². The van der Waals surface area contributed by atoms with Crippen LogP contribution in [-0.2, 0) is 6.54 Å². The Morgan fingerprint density at radius 2 is 2.36 bits per heavy atom. The summed E-state index contributed by atoms with van der Waals surface area (Å²) in [7, 11) is 2.07. The van der Waals surface area contributed by atoms with Gasteiger partial charge in [-0.3, -0.25) is 0 Å². The number of thiophene rings is 1. The van der Waals surface area contributed by atoms with E-state index in [1.807, 2.05) is 6.92 Å². The maximum absolute atomic E-state index is 4.33. The predicted octanol–water partition coefficient (Wildman–Crippen LogP) is 2.54. The van der Waals surface area contributed by atoms with E-state index in [1.54, 1.807) is 11.3 Å². The lowest BCUT2D eigenvalue weighted by Crippen LogP contribution is -2.15. The van der Waals surface area contributed by atoms with Crippen LogP contribution in [0.1, 0.15) is 10.8 Å². The summed E-state index contributed by atoms with van der Waals surface area (Å²) in [6.45, 7) is 2.76. The van der Waals surface area contributed by atoms with E-state index in [4.69, 9.17) is 0 Å². The lowest BCUT2D eigenvalue weighted by Gasteiger charge is -2.14. The highest BCUT2D eigenvalue weighted by Crippen LogP contribution is 2.19. The van der Waals surface area contributed by atoms with Gasteiger partial charge in [0.05, 0.1) is 6.54 Å². The van der Waals surface area contributed by atoms with Crippen molar-refractivity contribution in [2.45, 2.75) is 13.5 Å². The van der Waals surface area contributed by atoms with E-state index in [-0.39, 0.29) is 0 Å². The van der Waals surface area contributed by atoms with Crippen LogP contribution < -0.4 is 4.90 Å². The maximum atomic E-state index is 4.33. The van der Waals surface area contributed by atoms with E-state index in [9.17, 15) is 0 Å². The molecule has 2 aromatic heterocycles. The number of hydrogen-bond donors (Lipinski definition) is 0. The van der Waals surface area contributed by atoms with Crippen LogP contribution in [-0.4, -0.2) is 16.4 Å². The van der Waals surface area contributed by atoms with Gasteiger partial charge in [0.2, 0.25) is 0 Å². The molecule has 0 amide bonds. The largest absolute Gasteiger partial charge is 0.367 e. The van der Waals surface area contributed by atoms with Gasteiger partial charge in [-0.15, -0.1) is 0 Å². The number of aromatic nitrogens is 2. The van der Waals surface area contributed by atoms with Gasteiger partial charge in [0.25, 0.3) is 0 Å². The Labute approximate surface area is 91.2 Å². The van der Waals surface area contributed by atoms with Gasteiger partial charge in [0.15, 0.2) is 0 Å². The Balaban J connectivity index is 2.05. The number of nitrogens with zero attached hydrogens (tertiary/aromatic N) is 3. The fraction of sp³-hybridized carbons (Fsp3) is 0.333. The first-order valence-electron chi connectivity index (χ1n) is 4.28. The van der Waals surface area contributed by atoms with Crippen molar-refractivity contribution in [2.75, 3.05) is 11.9 Å². The summed E-state index contributed by atoms with van der Waals surface area (Å²) in [4.78, 5) is 6.51. The first kappa shape index (κ1) is 9.61. The average Bonchev–Trinajstić information content (AvgIpc) is 2.75. The molecule has 0 spiro atoms. The van der Waals surface area contributed by atoms with Crippen LogP contribution in [0, 0.1) is 6.92 Å². The fourth-order valence-corrected chi connectivity index (χ4v) is 2.57. The highest BCUT2D eigenvalue weighted by molar-refractivity contribution is 7.08. The third-order valence-corrected chi connectivity index (χ3v) is 3.35. The minimum absolute atomic E-state index is 0.836. The lowest BCUT2D eigenvalue weighted by atomic mass is 10.4. The molecule has 3 nitrogen and oxygen atoms in total. The van der Waals surface area contributed by atoms with Crippen LogP contribution in [0.2, 0.25) is 0 Å². The molecule has 0 fully saturated rings. The zero-order valence-corrected chi connectivity index (χ0v) is 9.73. The van der Waals surface area contributed by atoms with Gasteiger partial charge in [-0.05, 0) is 29.9 Å². The second-order valence-corrected chi connectivity index (χ2v) is 4.69. The summed E-state index contributed by atoms with van der Waals surface area (Å²) in [5.41, 5.74) is 1.24. The molecule has 2 aromatic rings. The molecule has 0 aliphatic heterocycles. The minimum Gasteiger partial charge on any atom is -0.367 e. The Morgan fingerprint density at radius 3 is 2.93 bits per heavy atom. The molecular weight excluding hydrogens is 214 g/mol. The Bertz CT molecular complexity index is 394. The van der Waals surface area contributed by atoms with Crippen molar-refractivity contribution in [3.8, 4) is 0 Å². The predicted molar refractivity (Wildman–Crippen MR) is 61.1 cm³/mol.